The number of aryl methyl sites for hydroxylation is 1. The van der Waals surface area contributed by atoms with E-state index in [4.69, 9.17) is 5.73 Å². The molecule has 0 spiro atoms. The zero-order chi connectivity index (χ0) is 21.2. The number of pyridine rings is 1. The number of amides is 1. The van der Waals surface area contributed by atoms with Crippen LogP contribution >= 0.6 is 0 Å². The molecule has 1 aliphatic heterocycles. The number of carbonyl (C=O) groups is 1. The molecule has 2 heterocycles. The van der Waals surface area contributed by atoms with Gasteiger partial charge < -0.3 is 16.0 Å². The standard InChI is InChI=1S/C20H24F3N5O/c1-13-11-25-18(10-17(13)24)26-19(29)14-3-4-15(16(9-14)20(21,22)23)12-28-7-5-27(2)6-8-28/h3-4,9-11H,5-8,12H2,1-2H3,(H3,24,25,26,29). The van der Waals surface area contributed by atoms with Crippen molar-refractivity contribution in [1.29, 1.82) is 0 Å². The molecule has 0 bridgehead atoms. The average molecular weight is 407 g/mol. The van der Waals surface area contributed by atoms with Gasteiger partial charge in [-0.05, 0) is 37.2 Å². The Morgan fingerprint density at radius 3 is 2.52 bits per heavy atom. The molecule has 0 saturated carbocycles. The number of nitrogens with zero attached hydrogens (tertiary/aromatic N) is 3. The molecule has 0 atom stereocenters. The van der Waals surface area contributed by atoms with Gasteiger partial charge in [-0.15, -0.1) is 0 Å². The summed E-state index contributed by atoms with van der Waals surface area (Å²) in [6.07, 6.45) is -3.06. The van der Waals surface area contributed by atoms with Crippen LogP contribution in [0.4, 0.5) is 24.7 Å². The number of anilines is 2. The van der Waals surface area contributed by atoms with Crippen LogP contribution in [0.3, 0.4) is 0 Å². The van der Waals surface area contributed by atoms with E-state index in [2.05, 4.69) is 15.2 Å². The molecule has 1 aliphatic rings. The minimum atomic E-state index is -4.55. The van der Waals surface area contributed by atoms with Crippen LogP contribution in [0.25, 0.3) is 0 Å². The molecule has 6 nitrogen and oxygen atoms in total. The van der Waals surface area contributed by atoms with Gasteiger partial charge in [-0.1, -0.05) is 6.07 Å². The average Bonchev–Trinajstić information content (AvgIpc) is 2.66. The highest BCUT2D eigenvalue weighted by atomic mass is 19.4. The van der Waals surface area contributed by atoms with E-state index < -0.39 is 17.6 Å². The van der Waals surface area contributed by atoms with Crippen LogP contribution in [0.15, 0.2) is 30.5 Å². The van der Waals surface area contributed by atoms with E-state index in [0.29, 0.717) is 18.8 Å². The van der Waals surface area contributed by atoms with E-state index in [9.17, 15) is 18.0 Å². The van der Waals surface area contributed by atoms with Gasteiger partial charge in [-0.2, -0.15) is 13.2 Å². The number of nitrogen functional groups attached to an aromatic ring is 1. The lowest BCUT2D eigenvalue weighted by Gasteiger charge is -2.33. The maximum absolute atomic E-state index is 13.6. The number of hydrogen-bond acceptors (Lipinski definition) is 5. The number of nitrogens with two attached hydrogens (primary N) is 1. The number of likely N-dealkylation sites (N-methyl/N-ethyl adjacent to an activating group) is 1. The Bertz CT molecular complexity index is 892. The summed E-state index contributed by atoms with van der Waals surface area (Å²) in [6, 6.07) is 5.17. The number of halogens is 3. The van der Waals surface area contributed by atoms with Crippen molar-refractivity contribution >= 4 is 17.4 Å². The minimum absolute atomic E-state index is 0.0830. The third-order valence-electron chi connectivity index (χ3n) is 5.05. The van der Waals surface area contributed by atoms with Gasteiger partial charge in [0.05, 0.1) is 5.56 Å². The predicted molar refractivity (Wildman–Crippen MR) is 106 cm³/mol. The minimum Gasteiger partial charge on any atom is -0.398 e. The molecule has 0 radical (unpaired) electrons. The Hall–Kier alpha value is -2.65. The quantitative estimate of drug-likeness (QED) is 0.815. The van der Waals surface area contributed by atoms with Gasteiger partial charge in [0.2, 0.25) is 0 Å². The summed E-state index contributed by atoms with van der Waals surface area (Å²) >= 11 is 0. The molecule has 3 rings (SSSR count). The number of aromatic nitrogens is 1. The zero-order valence-electron chi connectivity index (χ0n) is 16.4. The third kappa shape index (κ3) is 5.24. The highest BCUT2D eigenvalue weighted by molar-refractivity contribution is 6.04. The fourth-order valence-corrected chi connectivity index (χ4v) is 3.16. The van der Waals surface area contributed by atoms with Crippen molar-refractivity contribution < 1.29 is 18.0 Å². The van der Waals surface area contributed by atoms with E-state index in [1.807, 2.05) is 11.9 Å². The molecular weight excluding hydrogens is 383 g/mol. The Morgan fingerprint density at radius 2 is 1.90 bits per heavy atom. The van der Waals surface area contributed by atoms with E-state index >= 15 is 0 Å². The Morgan fingerprint density at radius 1 is 1.21 bits per heavy atom. The van der Waals surface area contributed by atoms with Crippen molar-refractivity contribution in [2.24, 2.45) is 0 Å². The number of carbonyl (C=O) groups excluding carboxylic acids is 1. The number of benzene rings is 1. The lowest BCUT2D eigenvalue weighted by Crippen LogP contribution is -2.44. The fourth-order valence-electron chi connectivity index (χ4n) is 3.16. The molecule has 1 amide bonds. The van der Waals surface area contributed by atoms with Crippen molar-refractivity contribution in [2.45, 2.75) is 19.6 Å². The van der Waals surface area contributed by atoms with Crippen LogP contribution in [-0.4, -0.2) is 53.9 Å². The van der Waals surface area contributed by atoms with E-state index in [0.717, 1.165) is 24.7 Å². The van der Waals surface area contributed by atoms with Crippen molar-refractivity contribution in [3.63, 3.8) is 0 Å². The first-order valence-corrected chi connectivity index (χ1v) is 9.28. The summed E-state index contributed by atoms with van der Waals surface area (Å²) in [7, 11) is 1.99. The highest BCUT2D eigenvalue weighted by Gasteiger charge is 2.34. The molecular formula is C20H24F3N5O. The van der Waals surface area contributed by atoms with E-state index in [-0.39, 0.29) is 23.5 Å². The lowest BCUT2D eigenvalue weighted by atomic mass is 10.0. The maximum Gasteiger partial charge on any atom is 0.416 e. The van der Waals surface area contributed by atoms with Crippen molar-refractivity contribution in [2.75, 3.05) is 44.3 Å². The molecule has 156 valence electrons. The normalized spacial score (nSPS) is 16.0. The van der Waals surface area contributed by atoms with Gasteiger partial charge in [0, 0.05) is 56.2 Å². The third-order valence-corrected chi connectivity index (χ3v) is 5.05. The van der Waals surface area contributed by atoms with Crippen LogP contribution in [0.5, 0.6) is 0 Å². The van der Waals surface area contributed by atoms with Crippen LogP contribution < -0.4 is 11.1 Å². The second-order valence-corrected chi connectivity index (χ2v) is 7.33. The summed E-state index contributed by atoms with van der Waals surface area (Å²) in [5.74, 6) is -0.481. The smallest absolute Gasteiger partial charge is 0.398 e. The van der Waals surface area contributed by atoms with Gasteiger partial charge >= 0.3 is 6.18 Å². The molecule has 29 heavy (non-hydrogen) atoms. The second-order valence-electron chi connectivity index (χ2n) is 7.33. The fraction of sp³-hybridized carbons (Fsp3) is 0.400. The van der Waals surface area contributed by atoms with Crippen LogP contribution in [0, 0.1) is 6.92 Å². The number of alkyl halides is 3. The molecule has 1 saturated heterocycles. The Labute approximate surface area is 167 Å². The summed E-state index contributed by atoms with van der Waals surface area (Å²) in [5.41, 5.74) is 6.26. The number of nitrogens with one attached hydrogen (secondary N) is 1. The van der Waals surface area contributed by atoms with Gasteiger partial charge in [0.25, 0.3) is 5.91 Å². The molecule has 1 aromatic carbocycles. The van der Waals surface area contributed by atoms with Crippen molar-refractivity contribution in [1.82, 2.24) is 14.8 Å². The second kappa shape index (κ2) is 8.38. The van der Waals surface area contributed by atoms with Crippen LogP contribution in [0.2, 0.25) is 0 Å². The summed E-state index contributed by atoms with van der Waals surface area (Å²) in [5, 5.41) is 2.50. The molecule has 9 heteroatoms. The maximum atomic E-state index is 13.6. The molecule has 0 unspecified atom stereocenters. The van der Waals surface area contributed by atoms with Gasteiger partial charge in [-0.3, -0.25) is 9.69 Å². The van der Waals surface area contributed by atoms with Crippen molar-refractivity contribution in [3.05, 3.63) is 52.7 Å². The molecule has 1 fully saturated rings. The summed E-state index contributed by atoms with van der Waals surface area (Å²) < 4.78 is 40.9. The highest BCUT2D eigenvalue weighted by Crippen LogP contribution is 2.33. The molecule has 0 aliphatic carbocycles. The summed E-state index contributed by atoms with van der Waals surface area (Å²) in [4.78, 5) is 20.6. The number of hydrogen-bond donors (Lipinski definition) is 2. The van der Waals surface area contributed by atoms with Crippen LogP contribution in [0.1, 0.15) is 27.0 Å². The van der Waals surface area contributed by atoms with Gasteiger partial charge in [0.1, 0.15) is 5.82 Å². The largest absolute Gasteiger partial charge is 0.416 e. The first-order chi connectivity index (χ1) is 13.6. The molecule has 2 aromatic rings. The predicted octanol–water partition coefficient (Wildman–Crippen LogP) is 2.99. The number of rotatable bonds is 4. The zero-order valence-corrected chi connectivity index (χ0v) is 16.4. The SMILES string of the molecule is Cc1cnc(NC(=O)c2ccc(CN3CCN(C)CC3)c(C(F)(F)F)c2)cc1N. The van der Waals surface area contributed by atoms with Crippen LogP contribution in [-0.2, 0) is 12.7 Å². The van der Waals surface area contributed by atoms with E-state index in [1.165, 1.54) is 24.4 Å². The Kier molecular flexibility index (Phi) is 6.09. The molecule has 3 N–H and O–H groups in total. The topological polar surface area (TPSA) is 74.5 Å². The van der Waals surface area contributed by atoms with Crippen molar-refractivity contribution in [3.8, 4) is 0 Å². The summed E-state index contributed by atoms with van der Waals surface area (Å²) in [6.45, 7) is 5.00. The van der Waals surface area contributed by atoms with E-state index in [1.54, 1.807) is 6.92 Å². The lowest BCUT2D eigenvalue weighted by molar-refractivity contribution is -0.138. The first kappa shape index (κ1) is 21.1. The molecule has 1 aromatic heterocycles. The first-order valence-electron chi connectivity index (χ1n) is 9.28. The number of piperazine rings is 1. The Balaban J connectivity index is 1.81. The van der Waals surface area contributed by atoms with Gasteiger partial charge in [0.15, 0.2) is 0 Å². The monoisotopic (exact) mass is 407 g/mol. The van der Waals surface area contributed by atoms with Gasteiger partial charge in [-0.25, -0.2) is 4.98 Å².